The molecule has 3 rings (SSSR count). The molecule has 0 fully saturated rings. The van der Waals surface area contributed by atoms with E-state index in [2.05, 4.69) is 41.3 Å². The molecule has 2 N–H and O–H groups in total. The van der Waals surface area contributed by atoms with Crippen molar-refractivity contribution in [3.05, 3.63) is 38.7 Å². The predicted octanol–water partition coefficient (Wildman–Crippen LogP) is 3.71. The van der Waals surface area contributed by atoms with Crippen LogP contribution < -0.4 is 5.73 Å². The zero-order chi connectivity index (χ0) is 14.8. The number of ether oxygens (including phenoxy) is 1. The summed E-state index contributed by atoms with van der Waals surface area (Å²) in [5.41, 5.74) is 7.23. The summed E-state index contributed by atoms with van der Waals surface area (Å²) in [7, 11) is 0. The van der Waals surface area contributed by atoms with Gasteiger partial charge in [0.2, 0.25) is 0 Å². The van der Waals surface area contributed by atoms with Gasteiger partial charge in [-0.1, -0.05) is 6.07 Å². The molecule has 0 aliphatic carbocycles. The lowest BCUT2D eigenvalue weighted by atomic mass is 10.2. The van der Waals surface area contributed by atoms with Gasteiger partial charge in [-0.2, -0.15) is 0 Å². The Morgan fingerprint density at radius 3 is 2.90 bits per heavy atom. The first-order chi connectivity index (χ1) is 10.1. The van der Waals surface area contributed by atoms with Crippen LogP contribution in [0.15, 0.2) is 17.5 Å². The molecule has 0 aliphatic rings. The monoisotopic (exact) mass is 319 g/mol. The summed E-state index contributed by atoms with van der Waals surface area (Å²) < 4.78 is 5.66. The third-order valence-corrected chi connectivity index (χ3v) is 5.44. The van der Waals surface area contributed by atoms with E-state index in [1.165, 1.54) is 15.3 Å². The predicted molar refractivity (Wildman–Crippen MR) is 89.0 cm³/mol. The van der Waals surface area contributed by atoms with Crippen LogP contribution in [-0.4, -0.2) is 16.6 Å². The molecule has 3 aromatic heterocycles. The van der Waals surface area contributed by atoms with E-state index in [0.29, 0.717) is 24.9 Å². The maximum absolute atomic E-state index is 6.05. The molecule has 0 saturated heterocycles. The third kappa shape index (κ3) is 3.07. The van der Waals surface area contributed by atoms with Gasteiger partial charge in [0.1, 0.15) is 17.3 Å². The second-order valence-electron chi connectivity index (χ2n) is 4.87. The average Bonchev–Trinajstić information content (AvgIpc) is 3.04. The molecule has 4 nitrogen and oxygen atoms in total. The topological polar surface area (TPSA) is 61.0 Å². The maximum atomic E-state index is 6.05. The molecular formula is C15H17N3OS2. The van der Waals surface area contributed by atoms with Crippen molar-refractivity contribution in [1.29, 1.82) is 0 Å². The van der Waals surface area contributed by atoms with Crippen molar-refractivity contribution in [1.82, 2.24) is 9.97 Å². The first-order valence-corrected chi connectivity index (χ1v) is 8.47. The highest BCUT2D eigenvalue weighted by Gasteiger charge is 2.12. The summed E-state index contributed by atoms with van der Waals surface area (Å²) in [4.78, 5) is 12.4. The van der Waals surface area contributed by atoms with Crippen LogP contribution in [0.2, 0.25) is 0 Å². The van der Waals surface area contributed by atoms with E-state index in [-0.39, 0.29) is 0 Å². The number of anilines is 1. The van der Waals surface area contributed by atoms with Crippen LogP contribution in [0, 0.1) is 13.8 Å². The Hall–Kier alpha value is -1.50. The van der Waals surface area contributed by atoms with Gasteiger partial charge in [0, 0.05) is 16.2 Å². The minimum Gasteiger partial charge on any atom is -0.383 e. The van der Waals surface area contributed by atoms with Crippen LogP contribution in [0.3, 0.4) is 0 Å². The summed E-state index contributed by atoms with van der Waals surface area (Å²) >= 11 is 3.41. The number of aromatic nitrogens is 2. The summed E-state index contributed by atoms with van der Waals surface area (Å²) in [5, 5.41) is 3.06. The lowest BCUT2D eigenvalue weighted by Gasteiger charge is -2.04. The van der Waals surface area contributed by atoms with Crippen LogP contribution in [-0.2, 0) is 17.8 Å². The van der Waals surface area contributed by atoms with Crippen LogP contribution in [0.1, 0.15) is 21.1 Å². The van der Waals surface area contributed by atoms with E-state index in [0.717, 1.165) is 16.6 Å². The standard InChI is InChI=1S/C15H17N3OS2/c1-9-10(2)21-15-13(9)14(16)17-12(18-15)8-19-6-5-11-4-3-7-20-11/h3-4,7H,5-6,8H2,1-2H3,(H2,16,17,18). The molecule has 3 aromatic rings. The number of hydrogen-bond donors (Lipinski definition) is 1. The largest absolute Gasteiger partial charge is 0.383 e. The first kappa shape index (κ1) is 14.4. The molecular weight excluding hydrogens is 302 g/mol. The molecule has 0 saturated carbocycles. The molecule has 0 atom stereocenters. The van der Waals surface area contributed by atoms with E-state index in [9.17, 15) is 0 Å². The van der Waals surface area contributed by atoms with Gasteiger partial charge in [0.25, 0.3) is 0 Å². The van der Waals surface area contributed by atoms with Crippen molar-refractivity contribution in [2.45, 2.75) is 26.9 Å². The van der Waals surface area contributed by atoms with Gasteiger partial charge in [0.05, 0.1) is 12.0 Å². The summed E-state index contributed by atoms with van der Waals surface area (Å²) in [6.07, 6.45) is 0.923. The molecule has 0 aromatic carbocycles. The van der Waals surface area contributed by atoms with Crippen molar-refractivity contribution >= 4 is 38.7 Å². The molecule has 0 aliphatic heterocycles. The summed E-state index contributed by atoms with van der Waals surface area (Å²) in [6.45, 7) is 5.22. The Morgan fingerprint density at radius 2 is 2.14 bits per heavy atom. The van der Waals surface area contributed by atoms with E-state index in [1.54, 1.807) is 22.7 Å². The number of rotatable bonds is 5. The minimum absolute atomic E-state index is 0.404. The molecule has 3 heterocycles. The van der Waals surface area contributed by atoms with Crippen molar-refractivity contribution < 1.29 is 4.74 Å². The van der Waals surface area contributed by atoms with Crippen molar-refractivity contribution in [3.8, 4) is 0 Å². The van der Waals surface area contributed by atoms with Gasteiger partial charge >= 0.3 is 0 Å². The molecule has 0 spiro atoms. The Kier molecular flexibility index (Phi) is 4.19. The molecule has 21 heavy (non-hydrogen) atoms. The quantitative estimate of drug-likeness (QED) is 0.728. The van der Waals surface area contributed by atoms with Gasteiger partial charge < -0.3 is 10.5 Å². The van der Waals surface area contributed by atoms with Gasteiger partial charge in [0.15, 0.2) is 5.82 Å². The number of thiophene rings is 2. The normalized spacial score (nSPS) is 11.3. The Balaban J connectivity index is 1.67. The minimum atomic E-state index is 0.404. The van der Waals surface area contributed by atoms with Gasteiger partial charge in [-0.05, 0) is 30.9 Å². The Labute approximate surface area is 131 Å². The van der Waals surface area contributed by atoms with E-state index >= 15 is 0 Å². The summed E-state index contributed by atoms with van der Waals surface area (Å²) in [5.74, 6) is 1.21. The fourth-order valence-corrected chi connectivity index (χ4v) is 3.93. The number of nitrogens with two attached hydrogens (primary N) is 1. The highest BCUT2D eigenvalue weighted by molar-refractivity contribution is 7.18. The first-order valence-electron chi connectivity index (χ1n) is 6.77. The number of fused-ring (bicyclic) bond motifs is 1. The van der Waals surface area contributed by atoms with Crippen LogP contribution >= 0.6 is 22.7 Å². The second kappa shape index (κ2) is 6.09. The number of nitrogen functional groups attached to an aromatic ring is 1. The zero-order valence-electron chi connectivity index (χ0n) is 12.0. The van der Waals surface area contributed by atoms with Gasteiger partial charge in [-0.25, -0.2) is 9.97 Å². The van der Waals surface area contributed by atoms with E-state index in [1.807, 2.05) is 0 Å². The lowest BCUT2D eigenvalue weighted by Crippen LogP contribution is -2.04. The fourth-order valence-electron chi connectivity index (χ4n) is 2.18. The second-order valence-corrected chi connectivity index (χ2v) is 7.11. The number of aryl methyl sites for hydroxylation is 2. The Morgan fingerprint density at radius 1 is 1.29 bits per heavy atom. The lowest BCUT2D eigenvalue weighted by molar-refractivity contribution is 0.119. The molecule has 0 radical (unpaired) electrons. The fraction of sp³-hybridized carbons (Fsp3) is 0.333. The van der Waals surface area contributed by atoms with Crippen molar-refractivity contribution in [3.63, 3.8) is 0 Å². The van der Waals surface area contributed by atoms with Gasteiger partial charge in [-0.15, -0.1) is 22.7 Å². The molecule has 0 unspecified atom stereocenters. The van der Waals surface area contributed by atoms with Crippen LogP contribution in [0.25, 0.3) is 10.2 Å². The average molecular weight is 319 g/mol. The van der Waals surface area contributed by atoms with E-state index in [4.69, 9.17) is 10.5 Å². The zero-order valence-corrected chi connectivity index (χ0v) is 13.7. The third-order valence-electron chi connectivity index (χ3n) is 3.41. The smallest absolute Gasteiger partial charge is 0.158 e. The SMILES string of the molecule is Cc1sc2nc(COCCc3cccs3)nc(N)c2c1C. The summed E-state index contributed by atoms with van der Waals surface area (Å²) in [6, 6.07) is 4.17. The van der Waals surface area contributed by atoms with Crippen molar-refractivity contribution in [2.75, 3.05) is 12.3 Å². The Bertz CT molecular complexity index is 750. The van der Waals surface area contributed by atoms with E-state index < -0.39 is 0 Å². The molecule has 0 bridgehead atoms. The highest BCUT2D eigenvalue weighted by Crippen LogP contribution is 2.31. The molecule has 110 valence electrons. The van der Waals surface area contributed by atoms with Crippen LogP contribution in [0.5, 0.6) is 0 Å². The number of nitrogens with zero attached hydrogens (tertiary/aromatic N) is 2. The molecule has 0 amide bonds. The van der Waals surface area contributed by atoms with Gasteiger partial charge in [-0.3, -0.25) is 0 Å². The number of hydrogen-bond acceptors (Lipinski definition) is 6. The van der Waals surface area contributed by atoms with Crippen molar-refractivity contribution in [2.24, 2.45) is 0 Å². The maximum Gasteiger partial charge on any atom is 0.158 e. The highest BCUT2D eigenvalue weighted by atomic mass is 32.1. The van der Waals surface area contributed by atoms with Crippen LogP contribution in [0.4, 0.5) is 5.82 Å². The molecule has 6 heteroatoms.